The monoisotopic (exact) mass is 333 g/mol. The number of hydrogen-bond donors (Lipinski definition) is 0. The van der Waals surface area contributed by atoms with Crippen LogP contribution in [0.3, 0.4) is 0 Å². The van der Waals surface area contributed by atoms with Crippen molar-refractivity contribution in [2.45, 2.75) is 22.2 Å². The van der Waals surface area contributed by atoms with Gasteiger partial charge in [-0.25, -0.2) is 14.4 Å². The van der Waals surface area contributed by atoms with Crippen molar-refractivity contribution in [2.75, 3.05) is 18.0 Å². The van der Waals surface area contributed by atoms with Crippen molar-refractivity contribution in [1.82, 2.24) is 20.2 Å². The molecule has 0 amide bonds. The third-order valence-electron chi connectivity index (χ3n) is 3.54. The highest BCUT2D eigenvalue weighted by Gasteiger charge is 2.18. The molecule has 1 aromatic carbocycles. The first-order valence-electron chi connectivity index (χ1n) is 6.97. The van der Waals surface area contributed by atoms with Crippen molar-refractivity contribution >= 4 is 39.1 Å². The number of hydrogen-bond acceptors (Lipinski definition) is 7. The van der Waals surface area contributed by atoms with Gasteiger partial charge >= 0.3 is 0 Å². The van der Waals surface area contributed by atoms with Crippen LogP contribution in [-0.4, -0.2) is 33.3 Å². The molecule has 0 aliphatic carbocycles. The molecular formula is C14H12FN5S2. The van der Waals surface area contributed by atoms with Crippen molar-refractivity contribution in [2.24, 2.45) is 0 Å². The molecule has 3 aromatic rings. The quantitative estimate of drug-likeness (QED) is 0.685. The number of nitrogens with zero attached hydrogens (tertiary/aromatic N) is 5. The maximum Gasteiger partial charge on any atom is 0.209 e. The maximum atomic E-state index is 13.8. The van der Waals surface area contributed by atoms with Crippen LogP contribution in [0.15, 0.2) is 33.9 Å². The van der Waals surface area contributed by atoms with Crippen molar-refractivity contribution in [1.29, 1.82) is 0 Å². The summed E-state index contributed by atoms with van der Waals surface area (Å²) in [5.41, 5.74) is 0.337. The van der Waals surface area contributed by atoms with Gasteiger partial charge in [-0.1, -0.05) is 17.4 Å². The first-order chi connectivity index (χ1) is 10.8. The SMILES string of the molecule is Fc1cccc2c(Sc3nnc(N4CCCC4)s3)ncnc12. The molecule has 0 spiro atoms. The summed E-state index contributed by atoms with van der Waals surface area (Å²) in [6, 6.07) is 4.89. The highest BCUT2D eigenvalue weighted by atomic mass is 32.2. The summed E-state index contributed by atoms with van der Waals surface area (Å²) >= 11 is 2.96. The van der Waals surface area contributed by atoms with Crippen LogP contribution >= 0.6 is 23.1 Å². The summed E-state index contributed by atoms with van der Waals surface area (Å²) in [5.74, 6) is -0.336. The number of aromatic nitrogens is 4. The van der Waals surface area contributed by atoms with Crippen molar-refractivity contribution < 1.29 is 4.39 Å². The summed E-state index contributed by atoms with van der Waals surface area (Å²) in [6.45, 7) is 2.09. The number of rotatable bonds is 3. The Balaban J connectivity index is 1.65. The highest BCUT2D eigenvalue weighted by molar-refractivity contribution is 8.01. The van der Waals surface area contributed by atoms with Gasteiger partial charge in [-0.3, -0.25) is 0 Å². The molecule has 3 heterocycles. The maximum absolute atomic E-state index is 13.8. The van der Waals surface area contributed by atoms with E-state index in [4.69, 9.17) is 0 Å². The minimum atomic E-state index is -0.336. The Hall–Kier alpha value is -1.80. The molecule has 0 atom stereocenters. The molecule has 0 saturated carbocycles. The zero-order chi connectivity index (χ0) is 14.9. The van der Waals surface area contributed by atoms with Crippen molar-refractivity contribution in [3.63, 3.8) is 0 Å². The van der Waals surface area contributed by atoms with Crippen LogP contribution in [0.25, 0.3) is 10.9 Å². The molecule has 8 heteroatoms. The van der Waals surface area contributed by atoms with E-state index in [0.717, 1.165) is 22.6 Å². The number of para-hydroxylation sites is 1. The predicted octanol–water partition coefficient (Wildman–Crippen LogP) is 3.37. The fourth-order valence-corrected chi connectivity index (χ4v) is 4.35. The van der Waals surface area contributed by atoms with Crippen LogP contribution < -0.4 is 4.90 Å². The Morgan fingerprint density at radius 1 is 1.14 bits per heavy atom. The Morgan fingerprint density at radius 2 is 2.00 bits per heavy atom. The second-order valence-electron chi connectivity index (χ2n) is 4.96. The van der Waals surface area contributed by atoms with Gasteiger partial charge in [0, 0.05) is 18.5 Å². The molecule has 1 fully saturated rings. The lowest BCUT2D eigenvalue weighted by Gasteiger charge is -2.10. The lowest BCUT2D eigenvalue weighted by molar-refractivity contribution is 0.636. The molecule has 112 valence electrons. The third kappa shape index (κ3) is 2.52. The molecule has 5 nitrogen and oxygen atoms in total. The second-order valence-corrected chi connectivity index (χ2v) is 7.15. The van der Waals surface area contributed by atoms with Gasteiger partial charge in [0.05, 0.1) is 0 Å². The number of benzene rings is 1. The molecule has 1 saturated heterocycles. The van der Waals surface area contributed by atoms with Crippen LogP contribution in [0, 0.1) is 5.82 Å². The van der Waals surface area contributed by atoms with Gasteiger partial charge in [-0.05, 0) is 36.7 Å². The van der Waals surface area contributed by atoms with E-state index in [1.54, 1.807) is 17.4 Å². The third-order valence-corrected chi connectivity index (χ3v) is 5.59. The average molecular weight is 333 g/mol. The zero-order valence-electron chi connectivity index (χ0n) is 11.6. The smallest absolute Gasteiger partial charge is 0.209 e. The molecular weight excluding hydrogens is 321 g/mol. The molecule has 0 N–H and O–H groups in total. The molecule has 1 aliphatic heterocycles. The van der Waals surface area contributed by atoms with Crippen LogP contribution in [-0.2, 0) is 0 Å². The molecule has 4 rings (SSSR count). The lowest BCUT2D eigenvalue weighted by Crippen LogP contribution is -2.17. The van der Waals surface area contributed by atoms with Crippen LogP contribution in [0.4, 0.5) is 9.52 Å². The minimum absolute atomic E-state index is 0.336. The lowest BCUT2D eigenvalue weighted by atomic mass is 10.2. The molecule has 0 unspecified atom stereocenters. The Kier molecular flexibility index (Phi) is 3.63. The van der Waals surface area contributed by atoms with Crippen LogP contribution in [0.5, 0.6) is 0 Å². The van der Waals surface area contributed by atoms with Crippen LogP contribution in [0.1, 0.15) is 12.8 Å². The normalized spacial score (nSPS) is 14.9. The number of fused-ring (bicyclic) bond motifs is 1. The first kappa shape index (κ1) is 13.8. The zero-order valence-corrected chi connectivity index (χ0v) is 13.2. The molecule has 22 heavy (non-hydrogen) atoms. The van der Waals surface area contributed by atoms with Gasteiger partial charge in [0.1, 0.15) is 22.7 Å². The van der Waals surface area contributed by atoms with E-state index in [-0.39, 0.29) is 5.82 Å². The Morgan fingerprint density at radius 3 is 2.86 bits per heavy atom. The van der Waals surface area contributed by atoms with Gasteiger partial charge < -0.3 is 4.90 Å². The van der Waals surface area contributed by atoms with Gasteiger partial charge in [-0.2, -0.15) is 0 Å². The van der Waals surface area contributed by atoms with E-state index < -0.39 is 0 Å². The minimum Gasteiger partial charge on any atom is -0.347 e. The highest BCUT2D eigenvalue weighted by Crippen LogP contribution is 2.36. The van der Waals surface area contributed by atoms with Crippen molar-refractivity contribution in [3.8, 4) is 0 Å². The van der Waals surface area contributed by atoms with Gasteiger partial charge in [0.2, 0.25) is 5.13 Å². The van der Waals surface area contributed by atoms with E-state index >= 15 is 0 Å². The number of anilines is 1. The second kappa shape index (κ2) is 5.77. The fraction of sp³-hybridized carbons (Fsp3) is 0.286. The molecule has 0 bridgehead atoms. The van der Waals surface area contributed by atoms with Gasteiger partial charge in [0.15, 0.2) is 4.34 Å². The average Bonchev–Trinajstić information content (AvgIpc) is 3.19. The van der Waals surface area contributed by atoms with Gasteiger partial charge in [-0.15, -0.1) is 10.2 Å². The summed E-state index contributed by atoms with van der Waals surface area (Å²) in [7, 11) is 0. The van der Waals surface area contributed by atoms with E-state index in [9.17, 15) is 4.39 Å². The van der Waals surface area contributed by atoms with E-state index in [1.807, 2.05) is 6.07 Å². The first-order valence-corrected chi connectivity index (χ1v) is 8.60. The summed E-state index contributed by atoms with van der Waals surface area (Å²) in [5, 5.41) is 10.8. The summed E-state index contributed by atoms with van der Waals surface area (Å²) in [4.78, 5) is 10.5. The van der Waals surface area contributed by atoms with E-state index in [2.05, 4.69) is 25.1 Å². The molecule has 0 radical (unpaired) electrons. The Bertz CT molecular complexity index is 816. The molecule has 1 aliphatic rings. The van der Waals surface area contributed by atoms with E-state index in [0.29, 0.717) is 15.9 Å². The largest absolute Gasteiger partial charge is 0.347 e. The summed E-state index contributed by atoms with van der Waals surface area (Å²) in [6.07, 6.45) is 3.80. The Labute approximate surface area is 134 Å². The molecule has 2 aromatic heterocycles. The van der Waals surface area contributed by atoms with Crippen molar-refractivity contribution in [3.05, 3.63) is 30.3 Å². The van der Waals surface area contributed by atoms with Crippen LogP contribution in [0.2, 0.25) is 0 Å². The summed E-state index contributed by atoms with van der Waals surface area (Å²) < 4.78 is 14.6. The number of halogens is 1. The standard InChI is InChI=1S/C14H12FN5S2/c15-10-5-3-4-9-11(10)16-8-17-12(9)21-14-19-18-13(22-14)20-6-1-2-7-20/h3-5,8H,1-2,6-7H2. The van der Waals surface area contributed by atoms with Gasteiger partial charge in [0.25, 0.3) is 0 Å². The van der Waals surface area contributed by atoms with E-state index in [1.165, 1.54) is 37.0 Å². The topological polar surface area (TPSA) is 54.8 Å². The predicted molar refractivity (Wildman–Crippen MR) is 85.0 cm³/mol. The fourth-order valence-electron chi connectivity index (χ4n) is 2.47.